The van der Waals surface area contributed by atoms with Crippen LogP contribution < -0.4 is 20.3 Å². The molecule has 1 atom stereocenters. The average Bonchev–Trinajstić information content (AvgIpc) is 3.30. The van der Waals surface area contributed by atoms with Crippen LogP contribution in [0.2, 0.25) is 0 Å². The molecule has 0 radical (unpaired) electrons. The lowest BCUT2D eigenvalue weighted by molar-refractivity contribution is -0.121. The maximum atomic E-state index is 13.4. The van der Waals surface area contributed by atoms with Crippen LogP contribution in [0.3, 0.4) is 0 Å². The molecule has 4 amide bonds. The van der Waals surface area contributed by atoms with Crippen LogP contribution in [-0.2, 0) is 14.4 Å². The van der Waals surface area contributed by atoms with Crippen LogP contribution in [0, 0.1) is 0 Å². The van der Waals surface area contributed by atoms with Gasteiger partial charge in [-0.05, 0) is 60.7 Å². The van der Waals surface area contributed by atoms with E-state index >= 15 is 0 Å². The fourth-order valence-electron chi connectivity index (χ4n) is 4.41. The van der Waals surface area contributed by atoms with E-state index in [0.29, 0.717) is 28.3 Å². The zero-order chi connectivity index (χ0) is 29.5. The van der Waals surface area contributed by atoms with E-state index in [9.17, 15) is 19.2 Å². The molecule has 4 aromatic rings. The highest BCUT2D eigenvalue weighted by atomic mass is 32.2. The Bertz CT molecular complexity index is 1640. The molecule has 8 nitrogen and oxygen atoms in total. The Hall–Kier alpha value is -5.15. The number of methoxy groups -OCH3 is 1. The Kier molecular flexibility index (Phi) is 8.79. The second-order valence-electron chi connectivity index (χ2n) is 9.31. The van der Waals surface area contributed by atoms with Crippen LogP contribution in [0.5, 0.6) is 5.75 Å². The molecule has 9 heteroatoms. The first kappa shape index (κ1) is 28.4. The molecule has 1 unspecified atom stereocenters. The number of ether oxygens (including phenoxy) is 1. The van der Waals surface area contributed by atoms with E-state index in [0.717, 1.165) is 4.90 Å². The normalized spacial score (nSPS) is 14.9. The summed E-state index contributed by atoms with van der Waals surface area (Å²) in [5, 5.41) is 5.00. The number of imide groups is 1. The minimum atomic E-state index is -0.540. The molecule has 0 saturated carbocycles. The van der Waals surface area contributed by atoms with E-state index in [1.807, 2.05) is 12.1 Å². The van der Waals surface area contributed by atoms with E-state index in [-0.39, 0.29) is 23.9 Å². The standard InChI is InChI=1S/C33H27N3O5S/c1-41-28-15-9-8-12-23(28)20-27(35-31(38)22-10-4-2-5-11-22)32(39)34-24-16-18-26(19-17-24)42-29-21-30(37)36(33(29)40)25-13-6-3-7-14-25/h2-20,29H,21H2,1H3,(H,34,39)(H,35,38)/b27-20-. The molecule has 4 aromatic carbocycles. The van der Waals surface area contributed by atoms with Crippen LogP contribution in [0.1, 0.15) is 22.3 Å². The first-order chi connectivity index (χ1) is 20.4. The van der Waals surface area contributed by atoms with Crippen molar-refractivity contribution in [1.29, 1.82) is 0 Å². The van der Waals surface area contributed by atoms with Gasteiger partial charge < -0.3 is 15.4 Å². The van der Waals surface area contributed by atoms with Crippen molar-refractivity contribution >= 4 is 52.8 Å². The molecule has 1 aliphatic heterocycles. The molecule has 2 N–H and O–H groups in total. The summed E-state index contributed by atoms with van der Waals surface area (Å²) in [5.74, 6) is -0.906. The number of benzene rings is 4. The molecule has 1 heterocycles. The molecule has 1 fully saturated rings. The van der Waals surface area contributed by atoms with Gasteiger partial charge in [-0.25, -0.2) is 4.90 Å². The summed E-state index contributed by atoms with van der Waals surface area (Å²) < 4.78 is 5.41. The van der Waals surface area contributed by atoms with Gasteiger partial charge in [0.15, 0.2) is 0 Å². The number of carbonyl (C=O) groups excluding carboxylic acids is 4. The van der Waals surface area contributed by atoms with Gasteiger partial charge in [-0.15, -0.1) is 11.8 Å². The highest BCUT2D eigenvalue weighted by Gasteiger charge is 2.40. The van der Waals surface area contributed by atoms with Crippen LogP contribution in [0.25, 0.3) is 6.08 Å². The number of amides is 4. The molecule has 0 bridgehead atoms. The Morgan fingerprint density at radius 1 is 0.857 bits per heavy atom. The van der Waals surface area contributed by atoms with E-state index in [4.69, 9.17) is 4.74 Å². The lowest BCUT2D eigenvalue weighted by Crippen LogP contribution is -2.31. The highest BCUT2D eigenvalue weighted by molar-refractivity contribution is 8.00. The summed E-state index contributed by atoms with van der Waals surface area (Å²) in [6.07, 6.45) is 1.66. The Labute approximate surface area is 247 Å². The van der Waals surface area contributed by atoms with E-state index in [2.05, 4.69) is 10.6 Å². The van der Waals surface area contributed by atoms with Gasteiger partial charge in [-0.3, -0.25) is 19.2 Å². The summed E-state index contributed by atoms with van der Waals surface area (Å²) in [4.78, 5) is 53.8. The van der Waals surface area contributed by atoms with Crippen molar-refractivity contribution in [3.63, 3.8) is 0 Å². The van der Waals surface area contributed by atoms with Gasteiger partial charge in [0.2, 0.25) is 11.8 Å². The van der Waals surface area contributed by atoms with Gasteiger partial charge in [0.25, 0.3) is 11.8 Å². The van der Waals surface area contributed by atoms with Gasteiger partial charge in [0.1, 0.15) is 11.4 Å². The fraction of sp³-hybridized carbons (Fsp3) is 0.0909. The van der Waals surface area contributed by atoms with Gasteiger partial charge in [0.05, 0.1) is 18.0 Å². The Morgan fingerprint density at radius 2 is 1.50 bits per heavy atom. The van der Waals surface area contributed by atoms with Crippen LogP contribution in [0.4, 0.5) is 11.4 Å². The molecule has 5 rings (SSSR count). The number of nitrogens with zero attached hydrogens (tertiary/aromatic N) is 1. The zero-order valence-electron chi connectivity index (χ0n) is 22.7. The van der Waals surface area contributed by atoms with Gasteiger partial charge in [-0.1, -0.05) is 54.6 Å². The summed E-state index contributed by atoms with van der Waals surface area (Å²) in [7, 11) is 1.53. The van der Waals surface area contributed by atoms with Crippen LogP contribution >= 0.6 is 11.8 Å². The monoisotopic (exact) mass is 577 g/mol. The first-order valence-corrected chi connectivity index (χ1v) is 14.0. The van der Waals surface area contributed by atoms with Crippen molar-refractivity contribution in [3.8, 4) is 5.75 Å². The van der Waals surface area contributed by atoms with Crippen molar-refractivity contribution in [2.24, 2.45) is 0 Å². The molecule has 1 aliphatic rings. The first-order valence-electron chi connectivity index (χ1n) is 13.1. The fourth-order valence-corrected chi connectivity index (χ4v) is 5.46. The van der Waals surface area contributed by atoms with Crippen molar-refractivity contribution in [2.75, 3.05) is 17.3 Å². The van der Waals surface area contributed by atoms with Crippen molar-refractivity contribution < 1.29 is 23.9 Å². The molecule has 0 spiro atoms. The number of rotatable bonds is 9. The summed E-state index contributed by atoms with van der Waals surface area (Å²) in [6, 6.07) is 31.6. The van der Waals surface area contributed by atoms with Gasteiger partial charge >= 0.3 is 0 Å². The van der Waals surface area contributed by atoms with Gasteiger partial charge in [0, 0.05) is 28.1 Å². The van der Waals surface area contributed by atoms with Crippen molar-refractivity contribution in [1.82, 2.24) is 5.32 Å². The number of nitrogens with one attached hydrogen (secondary N) is 2. The third-order valence-corrected chi connectivity index (χ3v) is 7.67. The second kappa shape index (κ2) is 13.0. The lowest BCUT2D eigenvalue weighted by Gasteiger charge is -2.15. The van der Waals surface area contributed by atoms with E-state index in [1.165, 1.54) is 23.8 Å². The van der Waals surface area contributed by atoms with Crippen molar-refractivity contribution in [3.05, 3.63) is 126 Å². The quantitative estimate of drug-likeness (QED) is 0.200. The predicted octanol–water partition coefficient (Wildman–Crippen LogP) is 5.53. The average molecular weight is 578 g/mol. The molecular weight excluding hydrogens is 550 g/mol. The maximum absolute atomic E-state index is 13.4. The topological polar surface area (TPSA) is 105 Å². The largest absolute Gasteiger partial charge is 0.496 e. The third kappa shape index (κ3) is 6.59. The van der Waals surface area contributed by atoms with E-state index < -0.39 is 17.1 Å². The molecule has 0 aromatic heterocycles. The van der Waals surface area contributed by atoms with Crippen LogP contribution in [-0.4, -0.2) is 36.0 Å². The van der Waals surface area contributed by atoms with Gasteiger partial charge in [-0.2, -0.15) is 0 Å². The zero-order valence-corrected chi connectivity index (χ0v) is 23.5. The minimum absolute atomic E-state index is 0.0304. The number of anilines is 2. The summed E-state index contributed by atoms with van der Waals surface area (Å²) in [5.41, 5.74) is 2.10. The highest BCUT2D eigenvalue weighted by Crippen LogP contribution is 2.34. The number of thioether (sulfide) groups is 1. The van der Waals surface area contributed by atoms with E-state index in [1.54, 1.807) is 103 Å². The number of hydrogen-bond donors (Lipinski definition) is 2. The number of hydrogen-bond acceptors (Lipinski definition) is 6. The summed E-state index contributed by atoms with van der Waals surface area (Å²) in [6.45, 7) is 0. The second-order valence-corrected chi connectivity index (χ2v) is 10.6. The minimum Gasteiger partial charge on any atom is -0.496 e. The Morgan fingerprint density at radius 3 is 2.19 bits per heavy atom. The number of para-hydroxylation sites is 2. The third-order valence-electron chi connectivity index (χ3n) is 6.48. The molecule has 210 valence electrons. The summed E-state index contributed by atoms with van der Waals surface area (Å²) >= 11 is 1.30. The molecule has 1 saturated heterocycles. The van der Waals surface area contributed by atoms with Crippen molar-refractivity contribution in [2.45, 2.75) is 16.6 Å². The van der Waals surface area contributed by atoms with Crippen LogP contribution in [0.15, 0.2) is 120 Å². The smallest absolute Gasteiger partial charge is 0.272 e. The Balaban J connectivity index is 1.30. The predicted molar refractivity (Wildman–Crippen MR) is 163 cm³/mol. The SMILES string of the molecule is COc1ccccc1/C=C(\NC(=O)c1ccccc1)C(=O)Nc1ccc(SC2CC(=O)N(c3ccccc3)C2=O)cc1. The molecular formula is C33H27N3O5S. The maximum Gasteiger partial charge on any atom is 0.272 e. The molecule has 42 heavy (non-hydrogen) atoms. The molecule has 0 aliphatic carbocycles. The lowest BCUT2D eigenvalue weighted by atomic mass is 10.1. The number of carbonyl (C=O) groups is 4.